The molecule has 59 heavy (non-hydrogen) atoms. The fourth-order valence-electron chi connectivity index (χ4n) is 6.41. The lowest BCUT2D eigenvalue weighted by atomic mass is 9.96. The van der Waals surface area contributed by atoms with E-state index in [0.29, 0.717) is 12.8 Å². The van der Waals surface area contributed by atoms with Gasteiger partial charge in [-0.05, 0) is 33.1 Å². The van der Waals surface area contributed by atoms with Crippen LogP contribution < -0.4 is 16.0 Å². The number of nitrogens with zero attached hydrogens (tertiary/aromatic N) is 1. The molecule has 3 rings (SSSR count). The Morgan fingerprint density at radius 1 is 0.695 bits per heavy atom. The number of likely N-dealkylation sites (N-methyl/N-ethyl adjacent to an activating group) is 1. The van der Waals surface area contributed by atoms with Crippen LogP contribution in [0.1, 0.15) is 52.4 Å². The van der Waals surface area contributed by atoms with E-state index in [4.69, 9.17) is 33.5 Å². The van der Waals surface area contributed by atoms with Crippen molar-refractivity contribution in [1.29, 1.82) is 0 Å². The third-order valence-electron chi connectivity index (χ3n) is 9.85. The lowest BCUT2D eigenvalue weighted by molar-refractivity contribution is -0.382. The van der Waals surface area contributed by atoms with E-state index >= 15 is 0 Å². The second-order valence-corrected chi connectivity index (χ2v) is 14.3. The number of carbonyl (C=O) groups excluding carboxylic acids is 4. The van der Waals surface area contributed by atoms with Crippen molar-refractivity contribution >= 4 is 29.6 Å². The lowest BCUT2D eigenvalue weighted by Gasteiger charge is -2.48. The molecular weight excluding hydrogens is 796 g/mol. The number of aliphatic carboxylic acids is 1. The second kappa shape index (κ2) is 24.9. The summed E-state index contributed by atoms with van der Waals surface area (Å²) >= 11 is 0. The highest BCUT2D eigenvalue weighted by molar-refractivity contribution is 5.89. The number of carboxylic acid groups (broad SMARTS) is 1. The van der Waals surface area contributed by atoms with Crippen LogP contribution in [0.3, 0.4) is 0 Å². The summed E-state index contributed by atoms with van der Waals surface area (Å²) in [5.41, 5.74) is 0. The van der Waals surface area contributed by atoms with Crippen molar-refractivity contribution in [2.24, 2.45) is 0 Å². The maximum atomic E-state index is 12.4. The molecule has 0 saturated carbocycles. The Kier molecular flexibility index (Phi) is 21.2. The summed E-state index contributed by atoms with van der Waals surface area (Å²) in [5.74, 6) is -3.19. The number of hydrogen-bond donors (Lipinski definition) is 12. The van der Waals surface area contributed by atoms with Gasteiger partial charge in [-0.1, -0.05) is 0 Å². The highest BCUT2D eigenvalue weighted by atomic mass is 16.8. The smallest absolute Gasteiger partial charge is 0.323 e. The predicted octanol–water partition coefficient (Wildman–Crippen LogP) is -6.26. The Morgan fingerprint density at radius 2 is 1.31 bits per heavy atom. The van der Waals surface area contributed by atoms with Gasteiger partial charge in [0.25, 0.3) is 0 Å². The lowest BCUT2D eigenvalue weighted by Crippen LogP contribution is -2.66. The molecule has 0 radical (unpaired) electrons. The largest absolute Gasteiger partial charge is 0.480 e. The summed E-state index contributed by atoms with van der Waals surface area (Å²) < 4.78 is 34.8. The van der Waals surface area contributed by atoms with Crippen LogP contribution in [0.15, 0.2) is 0 Å². The van der Waals surface area contributed by atoms with E-state index in [-0.39, 0.29) is 51.3 Å². The molecule has 24 heteroatoms. The zero-order valence-electron chi connectivity index (χ0n) is 32.9. The number of aliphatic hydroxyl groups is 8. The molecule has 0 aromatic carbocycles. The maximum absolute atomic E-state index is 12.4. The van der Waals surface area contributed by atoms with E-state index in [1.807, 2.05) is 0 Å². The Bertz CT molecular complexity index is 1340. The Morgan fingerprint density at radius 3 is 1.92 bits per heavy atom. The van der Waals surface area contributed by atoms with Crippen molar-refractivity contribution < 1.29 is 98.4 Å². The first-order valence-electron chi connectivity index (χ1n) is 19.5. The third-order valence-corrected chi connectivity index (χ3v) is 9.85. The van der Waals surface area contributed by atoms with Crippen LogP contribution in [0.25, 0.3) is 0 Å². The van der Waals surface area contributed by atoms with Gasteiger partial charge in [-0.3, -0.25) is 24.0 Å². The number of carboxylic acids is 1. The van der Waals surface area contributed by atoms with Crippen molar-refractivity contribution in [3.8, 4) is 0 Å². The van der Waals surface area contributed by atoms with Crippen LogP contribution in [-0.2, 0) is 52.4 Å². The maximum Gasteiger partial charge on any atom is 0.323 e. The van der Waals surface area contributed by atoms with Crippen LogP contribution >= 0.6 is 0 Å². The van der Waals surface area contributed by atoms with Crippen molar-refractivity contribution in [3.63, 3.8) is 0 Å². The van der Waals surface area contributed by atoms with Crippen molar-refractivity contribution in [3.05, 3.63) is 0 Å². The van der Waals surface area contributed by atoms with E-state index in [1.54, 1.807) is 6.92 Å². The van der Waals surface area contributed by atoms with Crippen LogP contribution in [0.2, 0.25) is 0 Å². The molecule has 0 bridgehead atoms. The molecule has 0 spiro atoms. The molecule has 5 unspecified atom stereocenters. The average molecular weight is 857 g/mol. The predicted molar refractivity (Wildman–Crippen MR) is 194 cm³/mol. The topological polar surface area (TPSA) is 362 Å². The summed E-state index contributed by atoms with van der Waals surface area (Å²) in [6.07, 6.45) is -19.7. The average Bonchev–Trinajstić information content (AvgIpc) is 3.20. The normalized spacial score (nSPS) is 33.5. The van der Waals surface area contributed by atoms with Gasteiger partial charge in [0, 0.05) is 32.4 Å². The number of nitrogens with one attached hydrogen (secondary N) is 3. The van der Waals surface area contributed by atoms with Crippen LogP contribution in [-0.4, -0.2) is 219 Å². The molecule has 3 saturated heterocycles. The van der Waals surface area contributed by atoms with Crippen molar-refractivity contribution in [2.75, 3.05) is 52.5 Å². The van der Waals surface area contributed by atoms with E-state index in [0.717, 1.165) is 4.90 Å². The highest BCUT2D eigenvalue weighted by Crippen LogP contribution is 2.33. The van der Waals surface area contributed by atoms with Gasteiger partial charge >= 0.3 is 5.97 Å². The monoisotopic (exact) mass is 856 g/mol. The first-order valence-corrected chi connectivity index (χ1v) is 19.5. The van der Waals surface area contributed by atoms with Gasteiger partial charge in [-0.25, -0.2) is 0 Å². The number of aliphatic hydroxyl groups excluding tert-OH is 8. The van der Waals surface area contributed by atoms with Gasteiger partial charge in [0.05, 0.1) is 45.1 Å². The highest BCUT2D eigenvalue weighted by Gasteiger charge is 2.53. The number of hydrogen-bond acceptors (Lipinski definition) is 19. The molecule has 14 atom stereocenters. The zero-order chi connectivity index (χ0) is 43.8. The van der Waals surface area contributed by atoms with E-state index in [1.165, 1.54) is 6.92 Å². The fraction of sp³-hybridized carbons (Fsp3) is 0.857. The minimum atomic E-state index is -1.87. The molecule has 0 aromatic heterocycles. The van der Waals surface area contributed by atoms with Gasteiger partial charge in [-0.2, -0.15) is 0 Å². The molecular formula is C35H60N4O20. The van der Waals surface area contributed by atoms with E-state index in [2.05, 4.69) is 16.0 Å². The molecule has 4 amide bonds. The minimum Gasteiger partial charge on any atom is -0.480 e. The van der Waals surface area contributed by atoms with Crippen LogP contribution in [0, 0.1) is 0 Å². The first kappa shape index (κ1) is 50.1. The number of unbranched alkanes of at least 4 members (excludes halogenated alkanes) is 1. The zero-order valence-corrected chi connectivity index (χ0v) is 32.9. The molecule has 3 aliphatic heterocycles. The molecule has 0 aromatic rings. The minimum absolute atomic E-state index is 0.0230. The SMILES string of the molecule is CCN(CC(=O)O)C(=O)CNC(=O)CNC(=O)CCCCC(=O)NCCCO[C@@H]1OC(CO)[C@H](O)C(O[C@H]2OC(CO)[C@H](O)[C@H](O)C2O)[C@@H]1O[C@H]1C[C@@H](O)[C@H](O)C(C)O1. The summed E-state index contributed by atoms with van der Waals surface area (Å²) in [5, 5.41) is 98.7. The molecule has 12 N–H and O–H groups in total. The second-order valence-electron chi connectivity index (χ2n) is 14.3. The van der Waals surface area contributed by atoms with Crippen molar-refractivity contribution in [2.45, 2.75) is 138 Å². The molecule has 24 nitrogen and oxygen atoms in total. The van der Waals surface area contributed by atoms with E-state index in [9.17, 15) is 64.8 Å². The Labute approximate surface area is 339 Å². The third kappa shape index (κ3) is 15.3. The number of carbonyl (C=O) groups is 5. The number of ether oxygens (including phenoxy) is 6. The molecule has 3 fully saturated rings. The van der Waals surface area contributed by atoms with Crippen molar-refractivity contribution in [1.82, 2.24) is 20.9 Å². The van der Waals surface area contributed by atoms with Gasteiger partial charge in [0.15, 0.2) is 18.9 Å². The molecule has 340 valence electrons. The molecule has 3 aliphatic rings. The Balaban J connectivity index is 1.47. The van der Waals surface area contributed by atoms with Gasteiger partial charge in [0.1, 0.15) is 61.5 Å². The number of rotatable bonds is 23. The number of amides is 4. The summed E-state index contributed by atoms with van der Waals surface area (Å²) in [6.45, 7) is 0.444. The van der Waals surface area contributed by atoms with Gasteiger partial charge in [-0.15, -0.1) is 0 Å². The quantitative estimate of drug-likeness (QED) is 0.0425. The first-order chi connectivity index (χ1) is 28.0. The van der Waals surface area contributed by atoms with E-state index < -0.39 is 143 Å². The summed E-state index contributed by atoms with van der Waals surface area (Å²) in [6, 6.07) is 0. The summed E-state index contributed by atoms with van der Waals surface area (Å²) in [7, 11) is 0. The molecule has 0 aliphatic carbocycles. The van der Waals surface area contributed by atoms with Gasteiger partial charge < -0.3 is 95.2 Å². The van der Waals surface area contributed by atoms with Gasteiger partial charge in [0.2, 0.25) is 23.6 Å². The Hall–Kier alpha value is -3.21. The van der Waals surface area contributed by atoms with Crippen LogP contribution in [0.4, 0.5) is 0 Å². The molecule has 3 heterocycles. The fourth-order valence-corrected chi connectivity index (χ4v) is 6.41. The standard InChI is InChI=1S/C35H60N4O20/c1-3-39(14-25(47)48)24(46)13-38-23(45)12-37-22(44)8-5-4-7-21(43)36-9-6-10-54-35-33(58-26-11-18(42)27(49)17(2)55-26)32(29(51)20(16-41)57-35)59-34-31(53)30(52)28(50)19(15-40)56-34/h17-20,26-35,40-42,49-53H,3-16H2,1-2H3,(H,36,43)(H,37,44)(H,38,45)(H,47,48)/t17?,18-,19?,20?,26+,27-,28+,29+,30+,31?,32?,33+,34-,35-/m1/s1. The van der Waals surface area contributed by atoms with Crippen LogP contribution in [0.5, 0.6) is 0 Å². The summed E-state index contributed by atoms with van der Waals surface area (Å²) in [4.78, 5) is 60.4.